The molecule has 5 heteroatoms. The molecule has 102 valence electrons. The first-order valence-corrected chi connectivity index (χ1v) is 7.31. The van der Waals surface area contributed by atoms with E-state index in [1.54, 1.807) is 18.4 Å². The second-order valence-electron chi connectivity index (χ2n) is 4.23. The first kappa shape index (κ1) is 13.8. The van der Waals surface area contributed by atoms with Crippen LogP contribution in [-0.4, -0.2) is 17.3 Å². The van der Waals surface area contributed by atoms with Gasteiger partial charge in [0.1, 0.15) is 10.8 Å². The van der Waals surface area contributed by atoms with Crippen LogP contribution in [0.15, 0.2) is 24.3 Å². The molecule has 0 amide bonds. The summed E-state index contributed by atoms with van der Waals surface area (Å²) in [4.78, 5) is 0. The van der Waals surface area contributed by atoms with E-state index in [2.05, 4.69) is 41.5 Å². The van der Waals surface area contributed by atoms with E-state index in [1.807, 2.05) is 12.1 Å². The lowest BCUT2D eigenvalue weighted by Crippen LogP contribution is -2.09. The summed E-state index contributed by atoms with van der Waals surface area (Å²) in [5.41, 5.74) is 1.23. The zero-order valence-corrected chi connectivity index (χ0v) is 12.3. The molecule has 0 aliphatic rings. The molecule has 0 radical (unpaired) electrons. The Kier molecular flexibility index (Phi) is 4.74. The summed E-state index contributed by atoms with van der Waals surface area (Å²) in [6, 6.07) is 8.39. The van der Waals surface area contributed by atoms with Crippen molar-refractivity contribution in [2.75, 3.05) is 12.4 Å². The molecule has 1 atom stereocenters. The minimum absolute atomic E-state index is 0.253. The fraction of sp³-hybridized carbons (Fsp3) is 0.429. The van der Waals surface area contributed by atoms with Gasteiger partial charge >= 0.3 is 0 Å². The minimum atomic E-state index is 0.253. The van der Waals surface area contributed by atoms with Gasteiger partial charge in [0.25, 0.3) is 0 Å². The van der Waals surface area contributed by atoms with Crippen LogP contribution in [0.3, 0.4) is 0 Å². The fourth-order valence-corrected chi connectivity index (χ4v) is 2.59. The van der Waals surface area contributed by atoms with Gasteiger partial charge in [0, 0.05) is 0 Å². The van der Waals surface area contributed by atoms with Crippen LogP contribution in [0.25, 0.3) is 0 Å². The molecule has 1 heterocycles. The summed E-state index contributed by atoms with van der Waals surface area (Å²) in [7, 11) is 1.68. The zero-order chi connectivity index (χ0) is 13.7. The Balaban J connectivity index is 2.10. The number of ether oxygens (including phenoxy) is 1. The van der Waals surface area contributed by atoms with Crippen LogP contribution in [0.4, 0.5) is 5.13 Å². The number of aromatic nitrogens is 2. The third-order valence-corrected chi connectivity index (χ3v) is 3.99. The number of nitrogens with zero attached hydrogens (tertiary/aromatic N) is 2. The molecule has 4 nitrogen and oxygen atoms in total. The van der Waals surface area contributed by atoms with Crippen LogP contribution in [-0.2, 0) is 6.42 Å². The summed E-state index contributed by atoms with van der Waals surface area (Å²) in [5.74, 6) is 0.878. The van der Waals surface area contributed by atoms with E-state index in [1.165, 1.54) is 5.56 Å². The molecule has 1 aromatic heterocycles. The summed E-state index contributed by atoms with van der Waals surface area (Å²) >= 11 is 1.62. The number of nitrogens with one attached hydrogen (secondary N) is 1. The van der Waals surface area contributed by atoms with Gasteiger partial charge in [-0.2, -0.15) is 0 Å². The van der Waals surface area contributed by atoms with Crippen molar-refractivity contribution in [2.45, 2.75) is 32.7 Å². The van der Waals surface area contributed by atoms with Crippen molar-refractivity contribution < 1.29 is 4.74 Å². The van der Waals surface area contributed by atoms with Crippen LogP contribution in [0.1, 0.15) is 36.9 Å². The molecule has 19 heavy (non-hydrogen) atoms. The van der Waals surface area contributed by atoms with Gasteiger partial charge in [-0.05, 0) is 30.5 Å². The molecule has 0 fully saturated rings. The molecule has 1 unspecified atom stereocenters. The second-order valence-corrected chi connectivity index (χ2v) is 5.29. The largest absolute Gasteiger partial charge is 0.497 e. The van der Waals surface area contributed by atoms with Gasteiger partial charge in [-0.1, -0.05) is 37.3 Å². The quantitative estimate of drug-likeness (QED) is 0.875. The third kappa shape index (κ3) is 3.44. The Bertz CT molecular complexity index is 510. The number of hydrogen-bond donors (Lipinski definition) is 1. The van der Waals surface area contributed by atoms with Gasteiger partial charge in [-0.15, -0.1) is 10.2 Å². The molecule has 0 aliphatic heterocycles. The smallest absolute Gasteiger partial charge is 0.206 e. The summed E-state index contributed by atoms with van der Waals surface area (Å²) in [6.45, 7) is 4.24. The predicted octanol–water partition coefficient (Wildman–Crippen LogP) is 3.67. The fourth-order valence-electron chi connectivity index (χ4n) is 1.86. The lowest BCUT2D eigenvalue weighted by Gasteiger charge is -2.16. The maximum absolute atomic E-state index is 5.18. The number of benzene rings is 1. The molecule has 1 N–H and O–H groups in total. The van der Waals surface area contributed by atoms with E-state index in [-0.39, 0.29) is 6.04 Å². The maximum Gasteiger partial charge on any atom is 0.206 e. The average Bonchev–Trinajstić information content (AvgIpc) is 2.92. The van der Waals surface area contributed by atoms with Crippen LogP contribution in [0.2, 0.25) is 0 Å². The Labute approximate surface area is 117 Å². The van der Waals surface area contributed by atoms with Crippen LogP contribution < -0.4 is 10.1 Å². The number of methoxy groups -OCH3 is 1. The molecule has 0 spiro atoms. The van der Waals surface area contributed by atoms with E-state index in [0.29, 0.717) is 0 Å². The summed E-state index contributed by atoms with van der Waals surface area (Å²) < 4.78 is 5.18. The van der Waals surface area contributed by atoms with Crippen molar-refractivity contribution >= 4 is 16.5 Å². The van der Waals surface area contributed by atoms with Crippen molar-refractivity contribution in [2.24, 2.45) is 0 Å². The molecular formula is C14H19N3OS. The summed E-state index contributed by atoms with van der Waals surface area (Å²) in [5, 5.41) is 13.7. The van der Waals surface area contributed by atoms with E-state index < -0.39 is 0 Å². The number of hydrogen-bond acceptors (Lipinski definition) is 5. The van der Waals surface area contributed by atoms with Crippen LogP contribution >= 0.6 is 11.3 Å². The molecule has 0 saturated heterocycles. The van der Waals surface area contributed by atoms with Crippen LogP contribution in [0, 0.1) is 0 Å². The standard InChI is InChI=1S/C14H19N3OS/c1-4-12(10-6-8-11(18-3)9-7-10)15-14-17-16-13(5-2)19-14/h6-9,12H,4-5H2,1-3H3,(H,15,17). The number of rotatable bonds is 6. The van der Waals surface area contributed by atoms with Gasteiger partial charge in [0.15, 0.2) is 0 Å². The third-order valence-electron chi connectivity index (χ3n) is 2.99. The van der Waals surface area contributed by atoms with Crippen molar-refractivity contribution in [3.63, 3.8) is 0 Å². The molecule has 0 aliphatic carbocycles. The highest BCUT2D eigenvalue weighted by Crippen LogP contribution is 2.26. The van der Waals surface area contributed by atoms with Gasteiger partial charge in [-0.25, -0.2) is 0 Å². The molecule has 0 saturated carbocycles. The topological polar surface area (TPSA) is 47.0 Å². The van der Waals surface area contributed by atoms with Crippen molar-refractivity contribution in [3.8, 4) is 5.75 Å². The van der Waals surface area contributed by atoms with E-state index >= 15 is 0 Å². The number of anilines is 1. The SMILES string of the molecule is CCc1nnc(NC(CC)c2ccc(OC)cc2)s1. The number of aryl methyl sites for hydroxylation is 1. The van der Waals surface area contributed by atoms with E-state index in [0.717, 1.165) is 28.7 Å². The highest BCUT2D eigenvalue weighted by atomic mass is 32.1. The van der Waals surface area contributed by atoms with Crippen molar-refractivity contribution in [3.05, 3.63) is 34.8 Å². The predicted molar refractivity (Wildman–Crippen MR) is 78.9 cm³/mol. The van der Waals surface area contributed by atoms with Gasteiger partial charge in [0.05, 0.1) is 13.2 Å². The van der Waals surface area contributed by atoms with Crippen LogP contribution in [0.5, 0.6) is 5.75 Å². The second kappa shape index (κ2) is 6.52. The first-order valence-electron chi connectivity index (χ1n) is 6.49. The van der Waals surface area contributed by atoms with Gasteiger partial charge < -0.3 is 10.1 Å². The molecule has 0 bridgehead atoms. The van der Waals surface area contributed by atoms with Gasteiger partial charge in [0.2, 0.25) is 5.13 Å². The van der Waals surface area contributed by atoms with E-state index in [9.17, 15) is 0 Å². The Morgan fingerprint density at radius 1 is 1.21 bits per heavy atom. The zero-order valence-electron chi connectivity index (χ0n) is 11.5. The minimum Gasteiger partial charge on any atom is -0.497 e. The first-order chi connectivity index (χ1) is 9.26. The van der Waals surface area contributed by atoms with Crippen molar-refractivity contribution in [1.29, 1.82) is 0 Å². The highest BCUT2D eigenvalue weighted by Gasteiger charge is 2.12. The molecule has 1 aromatic carbocycles. The Hall–Kier alpha value is -1.62. The monoisotopic (exact) mass is 277 g/mol. The summed E-state index contributed by atoms with van der Waals surface area (Å²) in [6.07, 6.45) is 1.92. The Morgan fingerprint density at radius 2 is 1.95 bits per heavy atom. The normalized spacial score (nSPS) is 12.2. The maximum atomic E-state index is 5.18. The van der Waals surface area contributed by atoms with Gasteiger partial charge in [-0.3, -0.25) is 0 Å². The average molecular weight is 277 g/mol. The van der Waals surface area contributed by atoms with Crippen molar-refractivity contribution in [1.82, 2.24) is 10.2 Å². The lowest BCUT2D eigenvalue weighted by atomic mass is 10.0. The lowest BCUT2D eigenvalue weighted by molar-refractivity contribution is 0.414. The van der Waals surface area contributed by atoms with E-state index in [4.69, 9.17) is 4.74 Å². The molecular weight excluding hydrogens is 258 g/mol. The Morgan fingerprint density at radius 3 is 2.47 bits per heavy atom. The molecule has 2 aromatic rings. The molecule has 2 rings (SSSR count). The highest BCUT2D eigenvalue weighted by molar-refractivity contribution is 7.15.